The summed E-state index contributed by atoms with van der Waals surface area (Å²) in [5.74, 6) is 1.46. The van der Waals surface area contributed by atoms with E-state index < -0.39 is 0 Å². The fourth-order valence-electron chi connectivity index (χ4n) is 2.89. The van der Waals surface area contributed by atoms with Crippen LogP contribution in [0.2, 0.25) is 0 Å². The second-order valence-corrected chi connectivity index (χ2v) is 4.84. The summed E-state index contributed by atoms with van der Waals surface area (Å²) in [5.41, 5.74) is 1.16. The molecule has 1 heterocycles. The van der Waals surface area contributed by atoms with Gasteiger partial charge in [-0.2, -0.15) is 0 Å². The smallest absolute Gasteiger partial charge is 0.316 e. The predicted molar refractivity (Wildman–Crippen MR) is 66.9 cm³/mol. The maximum absolute atomic E-state index is 4.99. The molecular formula is C13H21N3O. The summed E-state index contributed by atoms with van der Waals surface area (Å²) in [4.78, 5) is 8.38. The molecule has 1 aromatic heterocycles. The van der Waals surface area contributed by atoms with Gasteiger partial charge in [-0.3, -0.25) is 0 Å². The molecule has 1 aliphatic rings. The molecule has 3 atom stereocenters. The Kier molecular flexibility index (Phi) is 3.94. The molecule has 0 spiro atoms. The topological polar surface area (TPSA) is 47.0 Å². The lowest BCUT2D eigenvalue weighted by molar-refractivity contribution is 0.312. The molecule has 0 bridgehead atoms. The molecule has 1 aromatic rings. The summed E-state index contributed by atoms with van der Waals surface area (Å²) in [6, 6.07) is 0.793. The summed E-state index contributed by atoms with van der Waals surface area (Å²) in [5, 5.41) is 3.41. The Hall–Kier alpha value is -1.16. The highest BCUT2D eigenvalue weighted by Crippen LogP contribution is 2.39. The van der Waals surface area contributed by atoms with Gasteiger partial charge in [-0.25, -0.2) is 9.97 Å². The van der Waals surface area contributed by atoms with Crippen LogP contribution in [0, 0.1) is 11.8 Å². The minimum absolute atomic E-state index is 0.360. The standard InChI is InChI=1S/C13H21N3O/c1-9-5-4-6-11(9)12(14-2)10-7-15-13(17-3)16-8-10/h7-9,11-12,14H,4-6H2,1-3H3. The molecule has 4 nitrogen and oxygen atoms in total. The third kappa shape index (κ3) is 2.57. The van der Waals surface area contributed by atoms with Gasteiger partial charge < -0.3 is 10.1 Å². The zero-order chi connectivity index (χ0) is 12.3. The van der Waals surface area contributed by atoms with Crippen LogP contribution in [0.15, 0.2) is 12.4 Å². The first-order valence-electron chi connectivity index (χ1n) is 6.29. The zero-order valence-electron chi connectivity index (χ0n) is 10.8. The lowest BCUT2D eigenvalue weighted by Crippen LogP contribution is -2.27. The van der Waals surface area contributed by atoms with Gasteiger partial charge in [-0.15, -0.1) is 0 Å². The number of methoxy groups -OCH3 is 1. The quantitative estimate of drug-likeness (QED) is 0.869. The van der Waals surface area contributed by atoms with Crippen molar-refractivity contribution in [1.82, 2.24) is 15.3 Å². The lowest BCUT2D eigenvalue weighted by Gasteiger charge is -2.26. The largest absolute Gasteiger partial charge is 0.467 e. The number of rotatable bonds is 4. The van der Waals surface area contributed by atoms with Crippen molar-refractivity contribution in [2.24, 2.45) is 11.8 Å². The minimum atomic E-state index is 0.360. The van der Waals surface area contributed by atoms with Gasteiger partial charge in [-0.05, 0) is 25.3 Å². The van der Waals surface area contributed by atoms with Gasteiger partial charge in [0.1, 0.15) is 0 Å². The second kappa shape index (κ2) is 5.45. The monoisotopic (exact) mass is 235 g/mol. The normalized spacial score (nSPS) is 25.8. The fraction of sp³-hybridized carbons (Fsp3) is 0.692. The number of hydrogen-bond donors (Lipinski definition) is 1. The predicted octanol–water partition coefficient (Wildman–Crippen LogP) is 2.18. The number of hydrogen-bond acceptors (Lipinski definition) is 4. The third-order valence-corrected chi connectivity index (χ3v) is 3.86. The Bertz CT molecular complexity index is 352. The van der Waals surface area contributed by atoms with E-state index in [1.54, 1.807) is 7.11 Å². The van der Waals surface area contributed by atoms with E-state index in [1.807, 2.05) is 19.4 Å². The van der Waals surface area contributed by atoms with E-state index in [0.29, 0.717) is 18.0 Å². The van der Waals surface area contributed by atoms with E-state index in [2.05, 4.69) is 22.2 Å². The van der Waals surface area contributed by atoms with E-state index in [0.717, 1.165) is 11.5 Å². The fourth-order valence-corrected chi connectivity index (χ4v) is 2.89. The van der Waals surface area contributed by atoms with E-state index in [-0.39, 0.29) is 0 Å². The third-order valence-electron chi connectivity index (χ3n) is 3.86. The van der Waals surface area contributed by atoms with Crippen LogP contribution in [0.25, 0.3) is 0 Å². The number of aromatic nitrogens is 2. The van der Waals surface area contributed by atoms with Gasteiger partial charge in [0.2, 0.25) is 0 Å². The van der Waals surface area contributed by atoms with Crippen LogP contribution in [0.5, 0.6) is 6.01 Å². The summed E-state index contributed by atoms with van der Waals surface area (Å²) >= 11 is 0. The van der Waals surface area contributed by atoms with Gasteiger partial charge in [0.15, 0.2) is 0 Å². The molecule has 1 N–H and O–H groups in total. The SMILES string of the molecule is CNC(c1cnc(OC)nc1)C1CCCC1C. The van der Waals surface area contributed by atoms with Gasteiger partial charge in [0.25, 0.3) is 0 Å². The number of nitrogens with one attached hydrogen (secondary N) is 1. The summed E-state index contributed by atoms with van der Waals surface area (Å²) in [6.45, 7) is 2.34. The molecule has 0 amide bonds. The van der Waals surface area contributed by atoms with Crippen molar-refractivity contribution >= 4 is 0 Å². The summed E-state index contributed by atoms with van der Waals surface area (Å²) < 4.78 is 4.99. The Morgan fingerprint density at radius 2 is 2.06 bits per heavy atom. The van der Waals surface area contributed by atoms with Crippen molar-refractivity contribution in [3.63, 3.8) is 0 Å². The summed E-state index contributed by atoms with van der Waals surface area (Å²) in [6.07, 6.45) is 7.70. The van der Waals surface area contributed by atoms with Gasteiger partial charge in [0, 0.05) is 24.0 Å². The zero-order valence-corrected chi connectivity index (χ0v) is 10.8. The highest BCUT2D eigenvalue weighted by Gasteiger charge is 2.31. The molecule has 1 saturated carbocycles. The maximum Gasteiger partial charge on any atom is 0.316 e. The van der Waals surface area contributed by atoms with Gasteiger partial charge in [-0.1, -0.05) is 19.8 Å². The molecule has 1 aliphatic carbocycles. The van der Waals surface area contributed by atoms with Crippen LogP contribution >= 0.6 is 0 Å². The molecule has 0 aromatic carbocycles. The Morgan fingerprint density at radius 1 is 1.35 bits per heavy atom. The highest BCUT2D eigenvalue weighted by atomic mass is 16.5. The molecule has 3 unspecified atom stereocenters. The first-order chi connectivity index (χ1) is 8.26. The first kappa shape index (κ1) is 12.3. The van der Waals surface area contributed by atoms with Crippen molar-refractivity contribution in [2.75, 3.05) is 14.2 Å². The maximum atomic E-state index is 4.99. The van der Waals surface area contributed by atoms with E-state index in [9.17, 15) is 0 Å². The lowest BCUT2D eigenvalue weighted by atomic mass is 9.87. The van der Waals surface area contributed by atoms with Crippen LogP contribution < -0.4 is 10.1 Å². The van der Waals surface area contributed by atoms with Crippen molar-refractivity contribution in [1.29, 1.82) is 0 Å². The number of nitrogens with zero attached hydrogens (tertiary/aromatic N) is 2. The van der Waals surface area contributed by atoms with Crippen LogP contribution in [-0.4, -0.2) is 24.1 Å². The average Bonchev–Trinajstić information content (AvgIpc) is 2.78. The molecule has 2 rings (SSSR count). The molecule has 0 aliphatic heterocycles. The highest BCUT2D eigenvalue weighted by molar-refractivity contribution is 5.14. The van der Waals surface area contributed by atoms with Crippen LogP contribution in [-0.2, 0) is 0 Å². The molecule has 0 radical (unpaired) electrons. The van der Waals surface area contributed by atoms with E-state index >= 15 is 0 Å². The van der Waals surface area contributed by atoms with E-state index in [1.165, 1.54) is 19.3 Å². The van der Waals surface area contributed by atoms with Crippen molar-refractivity contribution in [3.05, 3.63) is 18.0 Å². The van der Waals surface area contributed by atoms with Crippen molar-refractivity contribution in [3.8, 4) is 6.01 Å². The first-order valence-corrected chi connectivity index (χ1v) is 6.29. The van der Waals surface area contributed by atoms with Crippen LogP contribution in [0.1, 0.15) is 37.8 Å². The van der Waals surface area contributed by atoms with Crippen molar-refractivity contribution < 1.29 is 4.74 Å². The molecule has 1 fully saturated rings. The second-order valence-electron chi connectivity index (χ2n) is 4.84. The summed E-state index contributed by atoms with van der Waals surface area (Å²) in [7, 11) is 3.60. The Labute approximate surface area is 103 Å². The van der Waals surface area contributed by atoms with Gasteiger partial charge >= 0.3 is 6.01 Å². The molecule has 94 valence electrons. The van der Waals surface area contributed by atoms with E-state index in [4.69, 9.17) is 4.74 Å². The van der Waals surface area contributed by atoms with Gasteiger partial charge in [0.05, 0.1) is 7.11 Å². The molecule has 4 heteroatoms. The number of ether oxygens (including phenoxy) is 1. The molecule has 0 saturated heterocycles. The minimum Gasteiger partial charge on any atom is -0.467 e. The Morgan fingerprint density at radius 3 is 2.53 bits per heavy atom. The van der Waals surface area contributed by atoms with Crippen molar-refractivity contribution in [2.45, 2.75) is 32.2 Å². The average molecular weight is 235 g/mol. The van der Waals surface area contributed by atoms with Crippen LogP contribution in [0.3, 0.4) is 0 Å². The molecule has 17 heavy (non-hydrogen) atoms. The van der Waals surface area contributed by atoms with Crippen LogP contribution in [0.4, 0.5) is 0 Å². The Balaban J connectivity index is 2.16. The molecular weight excluding hydrogens is 214 g/mol.